The number of halogens is 2. The number of anilines is 1. The Balaban J connectivity index is 2.08. The molecule has 2 aromatic carbocycles. The largest absolute Gasteiger partial charge is 0.496 e. The number of carbonyl (C=O) groups excluding carboxylic acids is 1. The van der Waals surface area contributed by atoms with Crippen LogP contribution in [0.2, 0.25) is 10.0 Å². The SMILES string of the molecule is COc1ccccc1CN1C(=O)Nc2cc(Cl)cc(Cl)c2S1(=O)=O. The lowest BCUT2D eigenvalue weighted by Gasteiger charge is -2.29. The van der Waals surface area contributed by atoms with Crippen LogP contribution in [0.4, 0.5) is 10.5 Å². The summed E-state index contributed by atoms with van der Waals surface area (Å²) in [6, 6.07) is 8.72. The van der Waals surface area contributed by atoms with E-state index in [-0.39, 0.29) is 27.2 Å². The van der Waals surface area contributed by atoms with Crippen molar-refractivity contribution in [1.82, 2.24) is 4.31 Å². The summed E-state index contributed by atoms with van der Waals surface area (Å²) in [5, 5.41) is 2.68. The van der Waals surface area contributed by atoms with Gasteiger partial charge in [0.25, 0.3) is 10.0 Å². The summed E-state index contributed by atoms with van der Waals surface area (Å²) in [6.07, 6.45) is 0. The van der Waals surface area contributed by atoms with Crippen LogP contribution < -0.4 is 10.1 Å². The number of amides is 2. The number of carbonyl (C=O) groups is 1. The first-order chi connectivity index (χ1) is 11.3. The molecule has 0 unspecified atom stereocenters. The highest BCUT2D eigenvalue weighted by atomic mass is 35.5. The number of hydrogen-bond donors (Lipinski definition) is 1. The van der Waals surface area contributed by atoms with E-state index >= 15 is 0 Å². The van der Waals surface area contributed by atoms with Crippen molar-refractivity contribution < 1.29 is 17.9 Å². The van der Waals surface area contributed by atoms with Gasteiger partial charge in [0.2, 0.25) is 0 Å². The fraction of sp³-hybridized carbons (Fsp3) is 0.133. The maximum Gasteiger partial charge on any atom is 0.336 e. The molecular formula is C15H12Cl2N2O4S. The van der Waals surface area contributed by atoms with E-state index in [1.54, 1.807) is 24.3 Å². The molecule has 2 amide bonds. The second-order valence-corrected chi connectivity index (χ2v) is 7.66. The Kier molecular flexibility index (Phi) is 4.33. The molecule has 0 atom stereocenters. The number of nitrogens with one attached hydrogen (secondary N) is 1. The van der Waals surface area contributed by atoms with Gasteiger partial charge in [0, 0.05) is 10.6 Å². The highest BCUT2D eigenvalue weighted by molar-refractivity contribution is 7.90. The third-order valence-corrected chi connectivity index (χ3v) is 5.99. The summed E-state index contributed by atoms with van der Waals surface area (Å²) in [5.74, 6) is 0.480. The van der Waals surface area contributed by atoms with Gasteiger partial charge in [-0.1, -0.05) is 41.4 Å². The van der Waals surface area contributed by atoms with Gasteiger partial charge < -0.3 is 10.1 Å². The monoisotopic (exact) mass is 386 g/mol. The Morgan fingerprint density at radius 3 is 2.62 bits per heavy atom. The molecule has 3 rings (SSSR count). The molecule has 0 fully saturated rings. The maximum absolute atomic E-state index is 12.8. The summed E-state index contributed by atoms with van der Waals surface area (Å²) in [6.45, 7) is -0.184. The van der Waals surface area contributed by atoms with Crippen LogP contribution in [0, 0.1) is 0 Å². The highest BCUT2D eigenvalue weighted by Crippen LogP contribution is 2.39. The lowest BCUT2D eigenvalue weighted by molar-refractivity contribution is 0.233. The number of methoxy groups -OCH3 is 1. The van der Waals surface area contributed by atoms with E-state index < -0.39 is 16.1 Å². The number of hydrogen-bond acceptors (Lipinski definition) is 4. The number of fused-ring (bicyclic) bond motifs is 1. The molecule has 0 aliphatic carbocycles. The normalized spacial score (nSPS) is 15.6. The number of para-hydroxylation sites is 1. The lowest BCUT2D eigenvalue weighted by Crippen LogP contribution is -2.43. The quantitative estimate of drug-likeness (QED) is 0.871. The molecule has 0 bridgehead atoms. The van der Waals surface area contributed by atoms with E-state index in [0.29, 0.717) is 15.6 Å². The molecule has 0 spiro atoms. The minimum atomic E-state index is -4.13. The van der Waals surface area contributed by atoms with E-state index in [9.17, 15) is 13.2 Å². The van der Waals surface area contributed by atoms with Gasteiger partial charge in [0.1, 0.15) is 10.6 Å². The van der Waals surface area contributed by atoms with Crippen LogP contribution in [0.3, 0.4) is 0 Å². The summed E-state index contributed by atoms with van der Waals surface area (Å²) in [4.78, 5) is 12.1. The first-order valence-corrected chi connectivity index (χ1v) is 8.99. The van der Waals surface area contributed by atoms with Crippen molar-refractivity contribution in [1.29, 1.82) is 0 Å². The van der Waals surface area contributed by atoms with Crippen LogP contribution in [-0.2, 0) is 16.6 Å². The number of rotatable bonds is 3. The number of benzene rings is 2. The average Bonchev–Trinajstić information content (AvgIpc) is 2.50. The predicted octanol–water partition coefficient (Wildman–Crippen LogP) is 3.74. The number of nitrogens with zero attached hydrogens (tertiary/aromatic N) is 1. The van der Waals surface area contributed by atoms with Gasteiger partial charge in [0.15, 0.2) is 0 Å². The molecule has 0 aromatic heterocycles. The number of urea groups is 1. The van der Waals surface area contributed by atoms with E-state index in [1.807, 2.05) is 0 Å². The van der Waals surface area contributed by atoms with E-state index in [2.05, 4.69) is 5.32 Å². The fourth-order valence-electron chi connectivity index (χ4n) is 2.46. The van der Waals surface area contributed by atoms with Crippen molar-refractivity contribution in [2.45, 2.75) is 11.4 Å². The van der Waals surface area contributed by atoms with Gasteiger partial charge in [-0.25, -0.2) is 17.5 Å². The Morgan fingerprint density at radius 1 is 1.21 bits per heavy atom. The van der Waals surface area contributed by atoms with Crippen molar-refractivity contribution in [2.75, 3.05) is 12.4 Å². The first kappa shape index (κ1) is 16.9. The van der Waals surface area contributed by atoms with E-state index in [1.165, 1.54) is 19.2 Å². The van der Waals surface area contributed by atoms with Crippen molar-refractivity contribution >= 4 is 44.9 Å². The number of ether oxygens (including phenoxy) is 1. The topological polar surface area (TPSA) is 75.7 Å². The first-order valence-electron chi connectivity index (χ1n) is 6.79. The Hall–Kier alpha value is -1.96. The molecule has 2 aromatic rings. The van der Waals surface area contributed by atoms with Crippen LogP contribution in [0.25, 0.3) is 0 Å². The summed E-state index contributed by atoms with van der Waals surface area (Å²) >= 11 is 11.9. The zero-order valence-corrected chi connectivity index (χ0v) is 14.7. The second kappa shape index (κ2) is 6.16. The van der Waals surface area contributed by atoms with Crippen molar-refractivity contribution in [2.24, 2.45) is 0 Å². The molecular weight excluding hydrogens is 375 g/mol. The maximum atomic E-state index is 12.8. The standard InChI is InChI=1S/C15H12Cl2N2O4S/c1-23-13-5-3-2-4-9(13)8-19-15(20)18-12-7-10(16)6-11(17)14(12)24(19,21)22/h2-7H,8H2,1H3,(H,18,20). The molecule has 126 valence electrons. The third-order valence-electron chi connectivity index (χ3n) is 3.53. The van der Waals surface area contributed by atoms with Crippen molar-refractivity contribution in [3.63, 3.8) is 0 Å². The summed E-state index contributed by atoms with van der Waals surface area (Å²) in [5.41, 5.74) is 0.612. The van der Waals surface area contributed by atoms with Crippen molar-refractivity contribution in [3.05, 3.63) is 52.0 Å². The van der Waals surface area contributed by atoms with Crippen LogP contribution in [0.5, 0.6) is 5.75 Å². The van der Waals surface area contributed by atoms with Crippen LogP contribution in [0.1, 0.15) is 5.56 Å². The Labute approximate surface area is 149 Å². The average molecular weight is 387 g/mol. The van der Waals surface area contributed by atoms with Crippen LogP contribution >= 0.6 is 23.2 Å². The molecule has 1 heterocycles. The van der Waals surface area contributed by atoms with E-state index in [4.69, 9.17) is 27.9 Å². The minimum absolute atomic E-state index is 0.0532. The molecule has 6 nitrogen and oxygen atoms in total. The van der Waals surface area contributed by atoms with Crippen molar-refractivity contribution in [3.8, 4) is 5.75 Å². The molecule has 0 saturated heterocycles. The molecule has 0 saturated carbocycles. The fourth-order valence-corrected chi connectivity index (χ4v) is 4.73. The second-order valence-electron chi connectivity index (χ2n) is 5.02. The molecule has 24 heavy (non-hydrogen) atoms. The molecule has 9 heteroatoms. The zero-order valence-electron chi connectivity index (χ0n) is 12.4. The molecule has 1 aliphatic rings. The molecule has 0 radical (unpaired) electrons. The predicted molar refractivity (Wildman–Crippen MR) is 91.2 cm³/mol. The van der Waals surface area contributed by atoms with Gasteiger partial charge in [-0.05, 0) is 18.2 Å². The lowest BCUT2D eigenvalue weighted by atomic mass is 10.2. The summed E-state index contributed by atoms with van der Waals surface area (Å²) < 4.78 is 31.6. The zero-order chi connectivity index (χ0) is 17.5. The highest BCUT2D eigenvalue weighted by Gasteiger charge is 2.39. The minimum Gasteiger partial charge on any atom is -0.496 e. The smallest absolute Gasteiger partial charge is 0.336 e. The Morgan fingerprint density at radius 2 is 1.92 bits per heavy atom. The van der Waals surface area contributed by atoms with Gasteiger partial charge in [-0.2, -0.15) is 0 Å². The summed E-state index contributed by atoms with van der Waals surface area (Å²) in [7, 11) is -2.66. The van der Waals surface area contributed by atoms with Gasteiger partial charge in [-0.3, -0.25) is 0 Å². The van der Waals surface area contributed by atoms with Gasteiger partial charge in [0.05, 0.1) is 24.4 Å². The van der Waals surface area contributed by atoms with E-state index in [0.717, 1.165) is 0 Å². The van der Waals surface area contributed by atoms with Gasteiger partial charge >= 0.3 is 6.03 Å². The molecule has 1 aliphatic heterocycles. The Bertz CT molecular complexity index is 931. The van der Waals surface area contributed by atoms with Crippen LogP contribution in [0.15, 0.2) is 41.3 Å². The van der Waals surface area contributed by atoms with Gasteiger partial charge in [-0.15, -0.1) is 0 Å². The molecule has 1 N–H and O–H groups in total. The third kappa shape index (κ3) is 2.79. The number of sulfonamides is 1. The van der Waals surface area contributed by atoms with Crippen LogP contribution in [-0.4, -0.2) is 25.9 Å².